The van der Waals surface area contributed by atoms with Crippen LogP contribution in [0.5, 0.6) is 0 Å². The zero-order chi connectivity index (χ0) is 11.4. The molecule has 1 aliphatic heterocycles. The normalized spacial score (nSPS) is 48.7. The van der Waals surface area contributed by atoms with Gasteiger partial charge in [0.15, 0.2) is 9.84 Å². The Labute approximate surface area is 101 Å². The zero-order valence-electron chi connectivity index (χ0n) is 9.02. The Balaban J connectivity index is 2.21. The topological polar surface area (TPSA) is 34.1 Å². The van der Waals surface area contributed by atoms with Crippen molar-refractivity contribution in [1.82, 2.24) is 0 Å². The molecule has 3 rings (SSSR count). The Hall–Kier alpha value is -0.280. The fourth-order valence-corrected chi connectivity index (χ4v) is 6.87. The predicted molar refractivity (Wildman–Crippen MR) is 65.0 cm³/mol. The molecule has 0 spiro atoms. The van der Waals surface area contributed by atoms with Gasteiger partial charge < -0.3 is 0 Å². The second-order valence-electron chi connectivity index (χ2n) is 5.32. The number of rotatable bonds is 0. The number of sulfone groups is 1. The summed E-state index contributed by atoms with van der Waals surface area (Å²) in [6.45, 7) is 0. The lowest BCUT2D eigenvalue weighted by molar-refractivity contribution is 0.0763. The minimum atomic E-state index is -3.12. The van der Waals surface area contributed by atoms with Gasteiger partial charge in [0.25, 0.3) is 0 Å². The highest BCUT2D eigenvalue weighted by Gasteiger charge is 2.65. The second kappa shape index (κ2) is 3.14. The molecule has 1 unspecified atom stereocenters. The van der Waals surface area contributed by atoms with Crippen molar-refractivity contribution in [3.05, 3.63) is 24.3 Å². The Morgan fingerprint density at radius 1 is 1.00 bits per heavy atom. The van der Waals surface area contributed by atoms with E-state index in [4.69, 9.17) is 11.6 Å². The first-order chi connectivity index (χ1) is 7.53. The molecule has 2 nitrogen and oxygen atoms in total. The Morgan fingerprint density at radius 2 is 1.50 bits per heavy atom. The van der Waals surface area contributed by atoms with Gasteiger partial charge in [-0.25, -0.2) is 8.42 Å². The summed E-state index contributed by atoms with van der Waals surface area (Å²) < 4.78 is 23.5. The maximum Gasteiger partial charge on any atom is 0.168 e. The molecule has 4 heteroatoms. The molecule has 16 heavy (non-hydrogen) atoms. The van der Waals surface area contributed by atoms with E-state index in [1.807, 2.05) is 0 Å². The third-order valence-corrected chi connectivity index (χ3v) is 7.87. The summed E-state index contributed by atoms with van der Waals surface area (Å²) in [7, 11) is -3.12. The third kappa shape index (κ3) is 1.11. The lowest BCUT2D eigenvalue weighted by atomic mass is 9.55. The van der Waals surface area contributed by atoms with Crippen LogP contribution in [0.15, 0.2) is 24.3 Å². The summed E-state index contributed by atoms with van der Waals surface area (Å²) >= 11 is 6.28. The molecular formula is C12H15ClO2S. The molecule has 0 aromatic heterocycles. The maximum absolute atomic E-state index is 12.1. The van der Waals surface area contributed by atoms with Gasteiger partial charge in [0, 0.05) is 5.41 Å². The lowest BCUT2D eigenvalue weighted by Gasteiger charge is -2.49. The van der Waals surface area contributed by atoms with Crippen molar-refractivity contribution in [2.75, 3.05) is 5.75 Å². The van der Waals surface area contributed by atoms with Crippen LogP contribution in [0.2, 0.25) is 0 Å². The molecule has 1 atom stereocenters. The SMILES string of the molecule is O=S1(=O)CC23CC=CCC2(CC=CC3)C1Cl. The molecule has 0 aromatic carbocycles. The first kappa shape index (κ1) is 10.8. The van der Waals surface area contributed by atoms with Crippen LogP contribution in [0, 0.1) is 10.8 Å². The molecule has 0 N–H and O–H groups in total. The Kier molecular flexibility index (Phi) is 2.13. The predicted octanol–water partition coefficient (Wildman–Crippen LogP) is 2.65. The summed E-state index contributed by atoms with van der Waals surface area (Å²) in [5.74, 6) is 0.267. The van der Waals surface area contributed by atoms with Crippen LogP contribution in [0.3, 0.4) is 0 Å². The fourth-order valence-electron chi connectivity index (χ4n) is 3.70. The molecular weight excluding hydrogens is 244 g/mol. The fraction of sp³-hybridized carbons (Fsp3) is 0.667. The van der Waals surface area contributed by atoms with Crippen LogP contribution >= 0.6 is 11.6 Å². The number of allylic oxidation sites excluding steroid dienone is 4. The summed E-state index contributed by atoms with van der Waals surface area (Å²) in [5, 5.41) is 0. The van der Waals surface area contributed by atoms with E-state index >= 15 is 0 Å². The highest BCUT2D eigenvalue weighted by Crippen LogP contribution is 2.64. The van der Waals surface area contributed by atoms with E-state index in [9.17, 15) is 8.42 Å². The van der Waals surface area contributed by atoms with Crippen LogP contribution in [0.25, 0.3) is 0 Å². The van der Waals surface area contributed by atoms with Crippen LogP contribution in [0.4, 0.5) is 0 Å². The lowest BCUT2D eigenvalue weighted by Crippen LogP contribution is -2.45. The van der Waals surface area contributed by atoms with Gasteiger partial charge in [0.05, 0.1) is 5.75 Å². The van der Waals surface area contributed by atoms with Gasteiger partial charge in [0.2, 0.25) is 0 Å². The monoisotopic (exact) mass is 258 g/mol. The van der Waals surface area contributed by atoms with Crippen LogP contribution in [0.1, 0.15) is 25.7 Å². The molecule has 0 aromatic rings. The number of hydrogen-bond acceptors (Lipinski definition) is 2. The van der Waals surface area contributed by atoms with Gasteiger partial charge >= 0.3 is 0 Å². The van der Waals surface area contributed by atoms with Crippen molar-refractivity contribution >= 4 is 21.4 Å². The van der Waals surface area contributed by atoms with Gasteiger partial charge in [-0.3, -0.25) is 0 Å². The van der Waals surface area contributed by atoms with Crippen LogP contribution in [-0.4, -0.2) is 18.9 Å². The van der Waals surface area contributed by atoms with E-state index in [0.717, 1.165) is 25.7 Å². The highest BCUT2D eigenvalue weighted by molar-refractivity contribution is 7.93. The van der Waals surface area contributed by atoms with Crippen LogP contribution in [-0.2, 0) is 9.84 Å². The minimum absolute atomic E-state index is 0.123. The average molecular weight is 259 g/mol. The molecule has 3 aliphatic rings. The standard InChI is InChI=1S/C12H15ClO2S/c13-10-12-7-3-1-5-11(12,6-2-4-8-12)9-16(10,14)15/h1-4,10H,5-9H2. The molecule has 2 aliphatic carbocycles. The maximum atomic E-state index is 12.1. The van der Waals surface area contributed by atoms with Crippen molar-refractivity contribution < 1.29 is 8.42 Å². The number of halogens is 1. The average Bonchev–Trinajstić information content (AvgIpc) is 2.45. The van der Waals surface area contributed by atoms with Crippen LogP contribution < -0.4 is 0 Å². The Morgan fingerprint density at radius 3 is 2.00 bits per heavy atom. The molecule has 1 heterocycles. The summed E-state index contributed by atoms with van der Waals surface area (Å²) in [4.78, 5) is 0. The van der Waals surface area contributed by atoms with E-state index in [2.05, 4.69) is 24.3 Å². The smallest absolute Gasteiger partial charge is 0.168 e. The molecule has 0 saturated carbocycles. The highest BCUT2D eigenvalue weighted by atomic mass is 35.5. The van der Waals surface area contributed by atoms with Gasteiger partial charge in [-0.05, 0) is 31.1 Å². The summed E-state index contributed by atoms with van der Waals surface area (Å²) in [5.41, 5.74) is -0.362. The van der Waals surface area contributed by atoms with E-state index in [0.29, 0.717) is 0 Å². The molecule has 1 saturated heterocycles. The molecule has 0 radical (unpaired) electrons. The first-order valence-electron chi connectivity index (χ1n) is 5.68. The van der Waals surface area contributed by atoms with E-state index in [1.165, 1.54) is 0 Å². The van der Waals surface area contributed by atoms with E-state index < -0.39 is 14.5 Å². The van der Waals surface area contributed by atoms with Crippen molar-refractivity contribution in [1.29, 1.82) is 0 Å². The molecule has 0 bridgehead atoms. The zero-order valence-corrected chi connectivity index (χ0v) is 10.6. The van der Waals surface area contributed by atoms with E-state index in [-0.39, 0.29) is 16.6 Å². The van der Waals surface area contributed by atoms with Crippen molar-refractivity contribution in [3.63, 3.8) is 0 Å². The summed E-state index contributed by atoms with van der Waals surface area (Å²) in [6.07, 6.45) is 11.8. The molecule has 1 fully saturated rings. The van der Waals surface area contributed by atoms with E-state index in [1.54, 1.807) is 0 Å². The van der Waals surface area contributed by atoms with Gasteiger partial charge in [-0.1, -0.05) is 24.3 Å². The molecule has 88 valence electrons. The number of hydrogen-bond donors (Lipinski definition) is 0. The third-order valence-electron chi connectivity index (χ3n) is 4.60. The van der Waals surface area contributed by atoms with Gasteiger partial charge in [0.1, 0.15) is 4.71 Å². The molecule has 0 amide bonds. The van der Waals surface area contributed by atoms with Crippen molar-refractivity contribution in [2.45, 2.75) is 30.4 Å². The van der Waals surface area contributed by atoms with Crippen molar-refractivity contribution in [2.24, 2.45) is 10.8 Å². The minimum Gasteiger partial charge on any atom is -0.227 e. The number of alkyl halides is 1. The largest absolute Gasteiger partial charge is 0.227 e. The second-order valence-corrected chi connectivity index (χ2v) is 8.10. The first-order valence-corrected chi connectivity index (χ1v) is 7.83. The quantitative estimate of drug-likeness (QED) is 0.495. The van der Waals surface area contributed by atoms with Gasteiger partial charge in [-0.2, -0.15) is 0 Å². The summed E-state index contributed by atoms with van der Waals surface area (Å²) in [6, 6.07) is 0. The Bertz CT molecular complexity index is 457. The van der Waals surface area contributed by atoms with Gasteiger partial charge in [-0.15, -0.1) is 11.6 Å². The van der Waals surface area contributed by atoms with Crippen molar-refractivity contribution in [3.8, 4) is 0 Å².